The average Bonchev–Trinajstić information content (AvgIpc) is 3.25. The van der Waals surface area contributed by atoms with Crippen LogP contribution in [0.1, 0.15) is 78.6 Å². The Hall–Kier alpha value is -3.06. The second-order valence-electron chi connectivity index (χ2n) is 10.5. The predicted molar refractivity (Wildman–Crippen MR) is 139 cm³/mol. The standard InChI is InChI=1S/C25H44N6O7/c1-14(2)13-17(27)21(34)29-18(8-4-5-12-26)22(35)30-19(9-10-20(28)33)23(36)31-25(24(37)38)11-6-7-16(25)15(3)32/h14,16-19H,4-13,26-27H2,1-3H3,(H2,28,33)(H,29,34)(H,30,35)(H,31,36)(H,37,38)/t16?,17-,18-,19-,25?/m0/s1. The van der Waals surface area contributed by atoms with Crippen molar-refractivity contribution in [3.63, 3.8) is 0 Å². The average molecular weight is 541 g/mol. The van der Waals surface area contributed by atoms with Crippen LogP contribution in [0.3, 0.4) is 0 Å². The summed E-state index contributed by atoms with van der Waals surface area (Å²) in [5, 5.41) is 17.6. The van der Waals surface area contributed by atoms with Crippen molar-refractivity contribution in [3.05, 3.63) is 0 Å². The van der Waals surface area contributed by atoms with Crippen molar-refractivity contribution in [1.82, 2.24) is 16.0 Å². The fourth-order valence-electron chi connectivity index (χ4n) is 4.80. The minimum absolute atomic E-state index is 0.0420. The minimum Gasteiger partial charge on any atom is -0.479 e. The number of ketones is 1. The summed E-state index contributed by atoms with van der Waals surface area (Å²) in [5.74, 6) is -5.31. The first-order valence-electron chi connectivity index (χ1n) is 13.2. The number of aliphatic carboxylic acids is 1. The molecule has 0 bridgehead atoms. The number of carboxylic acids is 1. The lowest BCUT2D eigenvalue weighted by Gasteiger charge is -2.33. The summed E-state index contributed by atoms with van der Waals surface area (Å²) in [6, 6.07) is -3.21. The van der Waals surface area contributed by atoms with E-state index in [1.54, 1.807) is 0 Å². The van der Waals surface area contributed by atoms with Crippen molar-refractivity contribution < 1.29 is 33.9 Å². The topological polar surface area (TPSA) is 237 Å². The number of carboxylic acid groups (broad SMARTS) is 1. The highest BCUT2D eigenvalue weighted by Crippen LogP contribution is 2.37. The van der Waals surface area contributed by atoms with Crippen LogP contribution in [0.5, 0.6) is 0 Å². The number of rotatable bonds is 17. The zero-order valence-corrected chi connectivity index (χ0v) is 22.6. The largest absolute Gasteiger partial charge is 0.479 e. The fraction of sp³-hybridized carbons (Fsp3) is 0.760. The third-order valence-corrected chi connectivity index (χ3v) is 6.83. The molecule has 0 heterocycles. The quantitative estimate of drug-likeness (QED) is 0.112. The van der Waals surface area contributed by atoms with Gasteiger partial charge in [-0.05, 0) is 70.8 Å². The molecule has 38 heavy (non-hydrogen) atoms. The Labute approximate surface area is 223 Å². The Morgan fingerprint density at radius 2 is 1.58 bits per heavy atom. The van der Waals surface area contributed by atoms with Crippen molar-refractivity contribution in [2.24, 2.45) is 29.0 Å². The first-order valence-corrected chi connectivity index (χ1v) is 13.2. The molecule has 1 saturated carbocycles. The molecule has 1 rings (SSSR count). The van der Waals surface area contributed by atoms with Gasteiger partial charge in [0, 0.05) is 6.42 Å². The minimum atomic E-state index is -1.82. The zero-order chi connectivity index (χ0) is 29.0. The Morgan fingerprint density at radius 3 is 2.11 bits per heavy atom. The molecular formula is C25H44N6O7. The molecular weight excluding hydrogens is 496 g/mol. The number of amides is 4. The van der Waals surface area contributed by atoms with Gasteiger partial charge in [0.25, 0.3) is 0 Å². The molecule has 216 valence electrons. The first kappa shape index (κ1) is 33.0. The maximum Gasteiger partial charge on any atom is 0.330 e. The van der Waals surface area contributed by atoms with Crippen LogP contribution in [0.4, 0.5) is 0 Å². The van der Waals surface area contributed by atoms with Crippen LogP contribution in [0.15, 0.2) is 0 Å². The highest BCUT2D eigenvalue weighted by atomic mass is 16.4. The van der Waals surface area contributed by atoms with Crippen LogP contribution in [0.2, 0.25) is 0 Å². The first-order chi connectivity index (χ1) is 17.7. The van der Waals surface area contributed by atoms with Crippen molar-refractivity contribution in [3.8, 4) is 0 Å². The smallest absolute Gasteiger partial charge is 0.330 e. The molecule has 0 saturated heterocycles. The molecule has 13 nitrogen and oxygen atoms in total. The maximum absolute atomic E-state index is 13.3. The van der Waals surface area contributed by atoms with Gasteiger partial charge in [-0.15, -0.1) is 0 Å². The van der Waals surface area contributed by atoms with Crippen molar-refractivity contribution in [2.75, 3.05) is 6.54 Å². The lowest BCUT2D eigenvalue weighted by Crippen LogP contribution is -2.63. The van der Waals surface area contributed by atoms with E-state index in [1.165, 1.54) is 6.92 Å². The molecule has 2 unspecified atom stereocenters. The van der Waals surface area contributed by atoms with Gasteiger partial charge < -0.3 is 38.3 Å². The third kappa shape index (κ3) is 9.67. The maximum atomic E-state index is 13.3. The van der Waals surface area contributed by atoms with E-state index < -0.39 is 59.2 Å². The Bertz CT molecular complexity index is 880. The lowest BCUT2D eigenvalue weighted by molar-refractivity contribution is -0.152. The van der Waals surface area contributed by atoms with Crippen molar-refractivity contribution in [2.45, 2.75) is 102 Å². The number of carbonyl (C=O) groups excluding carboxylic acids is 5. The van der Waals surface area contributed by atoms with Gasteiger partial charge in [0.15, 0.2) is 0 Å². The highest BCUT2D eigenvalue weighted by Gasteiger charge is 2.53. The van der Waals surface area contributed by atoms with Crippen LogP contribution in [-0.2, 0) is 28.8 Å². The van der Waals surface area contributed by atoms with Gasteiger partial charge in [-0.25, -0.2) is 4.79 Å². The van der Waals surface area contributed by atoms with E-state index in [4.69, 9.17) is 17.2 Å². The summed E-state index contributed by atoms with van der Waals surface area (Å²) in [4.78, 5) is 74.9. The summed E-state index contributed by atoms with van der Waals surface area (Å²) >= 11 is 0. The molecule has 0 aliphatic heterocycles. The lowest BCUT2D eigenvalue weighted by atomic mass is 9.84. The van der Waals surface area contributed by atoms with Crippen molar-refractivity contribution >= 4 is 35.4 Å². The number of hydrogen-bond acceptors (Lipinski definition) is 8. The molecule has 0 aromatic carbocycles. The van der Waals surface area contributed by atoms with E-state index >= 15 is 0 Å². The number of Topliss-reactive ketones (excluding diaryl/α,β-unsaturated/α-hetero) is 1. The van der Waals surface area contributed by atoms with Crippen LogP contribution in [0, 0.1) is 11.8 Å². The molecule has 5 atom stereocenters. The van der Waals surface area contributed by atoms with Gasteiger partial charge in [-0.2, -0.15) is 0 Å². The Balaban J connectivity index is 3.15. The normalized spacial score (nSPS) is 21.3. The molecule has 1 aliphatic carbocycles. The summed E-state index contributed by atoms with van der Waals surface area (Å²) in [5.41, 5.74) is 14.9. The van der Waals surface area contributed by atoms with E-state index in [2.05, 4.69) is 16.0 Å². The zero-order valence-electron chi connectivity index (χ0n) is 22.6. The van der Waals surface area contributed by atoms with Gasteiger partial charge in [-0.1, -0.05) is 13.8 Å². The number of primary amides is 1. The Morgan fingerprint density at radius 1 is 0.974 bits per heavy atom. The van der Waals surface area contributed by atoms with Gasteiger partial charge in [0.1, 0.15) is 23.4 Å². The van der Waals surface area contributed by atoms with E-state index in [1.807, 2.05) is 13.8 Å². The van der Waals surface area contributed by atoms with Gasteiger partial charge in [-0.3, -0.25) is 24.0 Å². The van der Waals surface area contributed by atoms with E-state index in [0.29, 0.717) is 38.6 Å². The third-order valence-electron chi connectivity index (χ3n) is 6.83. The molecule has 10 N–H and O–H groups in total. The number of carbonyl (C=O) groups is 6. The number of nitrogens with two attached hydrogens (primary N) is 3. The number of unbranched alkanes of at least 4 members (excludes halogenated alkanes) is 1. The van der Waals surface area contributed by atoms with Crippen LogP contribution >= 0.6 is 0 Å². The molecule has 1 aliphatic rings. The molecule has 0 radical (unpaired) electrons. The van der Waals surface area contributed by atoms with Gasteiger partial charge in [0.05, 0.1) is 12.0 Å². The molecule has 0 spiro atoms. The van der Waals surface area contributed by atoms with Crippen LogP contribution in [-0.4, -0.2) is 70.7 Å². The number of hydrogen-bond donors (Lipinski definition) is 7. The second-order valence-corrected chi connectivity index (χ2v) is 10.5. The molecule has 13 heteroatoms. The fourth-order valence-corrected chi connectivity index (χ4v) is 4.80. The summed E-state index contributed by atoms with van der Waals surface area (Å²) in [6.07, 6.45) is 2.01. The molecule has 0 aromatic heterocycles. The Kier molecular flexibility index (Phi) is 13.3. The van der Waals surface area contributed by atoms with Gasteiger partial charge >= 0.3 is 5.97 Å². The monoisotopic (exact) mass is 540 g/mol. The van der Waals surface area contributed by atoms with E-state index in [0.717, 1.165) is 0 Å². The van der Waals surface area contributed by atoms with Crippen LogP contribution in [0.25, 0.3) is 0 Å². The van der Waals surface area contributed by atoms with Crippen LogP contribution < -0.4 is 33.2 Å². The number of nitrogens with one attached hydrogen (secondary N) is 3. The molecule has 0 aromatic rings. The summed E-state index contributed by atoms with van der Waals surface area (Å²) < 4.78 is 0. The predicted octanol–water partition coefficient (Wildman–Crippen LogP) is -0.947. The SMILES string of the molecule is CC(=O)C1CCCC1(NC(=O)[C@H](CCC(N)=O)NC(=O)[C@H](CCCCN)NC(=O)[C@@H](N)CC(C)C)C(=O)O. The van der Waals surface area contributed by atoms with Crippen molar-refractivity contribution in [1.29, 1.82) is 0 Å². The van der Waals surface area contributed by atoms with E-state index in [9.17, 15) is 33.9 Å². The van der Waals surface area contributed by atoms with Gasteiger partial charge in [0.2, 0.25) is 23.6 Å². The van der Waals surface area contributed by atoms with E-state index in [-0.39, 0.29) is 37.4 Å². The highest BCUT2D eigenvalue weighted by molar-refractivity contribution is 5.97. The molecule has 1 fully saturated rings. The molecule has 4 amide bonds. The summed E-state index contributed by atoms with van der Waals surface area (Å²) in [7, 11) is 0. The summed E-state index contributed by atoms with van der Waals surface area (Å²) in [6.45, 7) is 5.47. The second kappa shape index (κ2) is 15.4.